The van der Waals surface area contributed by atoms with Crippen molar-refractivity contribution < 1.29 is 9.84 Å². The summed E-state index contributed by atoms with van der Waals surface area (Å²) >= 11 is 1.85. The minimum absolute atomic E-state index is 0.0169. The summed E-state index contributed by atoms with van der Waals surface area (Å²) in [6, 6.07) is 10.4. The maximum atomic E-state index is 9.70. The highest BCUT2D eigenvalue weighted by Gasteiger charge is 2.30. The smallest absolute Gasteiger partial charge is 0.0969 e. The molecule has 0 saturated carbocycles. The van der Waals surface area contributed by atoms with Crippen LogP contribution in [0.2, 0.25) is 0 Å². The van der Waals surface area contributed by atoms with Crippen LogP contribution >= 0.6 is 11.8 Å². The van der Waals surface area contributed by atoms with Gasteiger partial charge >= 0.3 is 0 Å². The molecule has 0 bridgehead atoms. The third kappa shape index (κ3) is 3.71. The Morgan fingerprint density at radius 2 is 2.12 bits per heavy atom. The van der Waals surface area contributed by atoms with Gasteiger partial charge < -0.3 is 9.84 Å². The lowest BCUT2D eigenvalue weighted by molar-refractivity contribution is 0.0215. The van der Waals surface area contributed by atoms with Gasteiger partial charge in [-0.25, -0.2) is 0 Å². The van der Waals surface area contributed by atoms with Crippen LogP contribution in [0.3, 0.4) is 0 Å². The highest BCUT2D eigenvalue weighted by Crippen LogP contribution is 2.18. The molecule has 1 heterocycles. The van der Waals surface area contributed by atoms with Crippen molar-refractivity contribution in [3.8, 4) is 0 Å². The van der Waals surface area contributed by atoms with Gasteiger partial charge in [0, 0.05) is 37.4 Å². The second-order valence-electron chi connectivity index (χ2n) is 4.26. The first-order valence-electron chi connectivity index (χ1n) is 5.90. The van der Waals surface area contributed by atoms with Crippen LogP contribution in [0.1, 0.15) is 0 Å². The molecule has 4 heteroatoms. The number of nitrogens with zero attached hydrogens (tertiary/aromatic N) is 1. The highest BCUT2D eigenvalue weighted by molar-refractivity contribution is 7.99. The molecule has 0 amide bonds. The van der Waals surface area contributed by atoms with Gasteiger partial charge in [0.2, 0.25) is 0 Å². The number of aliphatic hydroxyl groups is 1. The molecule has 3 nitrogen and oxygen atoms in total. The van der Waals surface area contributed by atoms with Crippen LogP contribution in [0, 0.1) is 0 Å². The van der Waals surface area contributed by atoms with Gasteiger partial charge in [0.15, 0.2) is 0 Å². The molecule has 0 aromatic heterocycles. The zero-order valence-corrected chi connectivity index (χ0v) is 10.9. The molecule has 1 aliphatic heterocycles. The largest absolute Gasteiger partial charge is 0.389 e. The van der Waals surface area contributed by atoms with Crippen LogP contribution in [0.5, 0.6) is 0 Å². The molecule has 17 heavy (non-hydrogen) atoms. The lowest BCUT2D eigenvalue weighted by Gasteiger charge is -2.14. The zero-order chi connectivity index (χ0) is 12.1. The van der Waals surface area contributed by atoms with Crippen molar-refractivity contribution in [1.82, 2.24) is 4.90 Å². The number of thioether (sulfide) groups is 1. The van der Waals surface area contributed by atoms with E-state index in [-0.39, 0.29) is 12.2 Å². The minimum Gasteiger partial charge on any atom is -0.389 e. The standard InChI is InChI=1S/C13H19NO2S/c1-16-13-10-14(9-12(13)15)7-8-17-11-5-3-2-4-6-11/h2-6,12-13,15H,7-10H2,1H3/t12-,13-/m0/s1. The van der Waals surface area contributed by atoms with Gasteiger partial charge in [-0.15, -0.1) is 11.8 Å². The first-order chi connectivity index (χ1) is 8.29. The van der Waals surface area contributed by atoms with E-state index in [9.17, 15) is 5.11 Å². The second kappa shape index (κ2) is 6.40. The van der Waals surface area contributed by atoms with E-state index in [0.717, 1.165) is 25.4 Å². The number of β-amino-alcohol motifs (C(OH)–C–C–N with tert-alkyl or cyclic N) is 1. The molecule has 2 rings (SSSR count). The molecule has 1 aromatic carbocycles. The third-order valence-electron chi connectivity index (χ3n) is 3.03. The molecule has 2 atom stereocenters. The Morgan fingerprint density at radius 1 is 1.35 bits per heavy atom. The van der Waals surface area contributed by atoms with Crippen molar-refractivity contribution in [3.05, 3.63) is 30.3 Å². The van der Waals surface area contributed by atoms with Crippen molar-refractivity contribution >= 4 is 11.8 Å². The first-order valence-corrected chi connectivity index (χ1v) is 6.89. The molecule has 1 saturated heterocycles. The van der Waals surface area contributed by atoms with E-state index in [4.69, 9.17) is 4.74 Å². The molecule has 0 radical (unpaired) electrons. The van der Waals surface area contributed by atoms with E-state index in [1.54, 1.807) is 7.11 Å². The molecular weight excluding hydrogens is 234 g/mol. The number of ether oxygens (including phenoxy) is 1. The fourth-order valence-electron chi connectivity index (χ4n) is 2.06. The summed E-state index contributed by atoms with van der Waals surface area (Å²) in [5, 5.41) is 9.70. The molecule has 0 unspecified atom stereocenters. The maximum Gasteiger partial charge on any atom is 0.0969 e. The van der Waals surface area contributed by atoms with Gasteiger partial charge in [-0.1, -0.05) is 18.2 Å². The quantitative estimate of drug-likeness (QED) is 0.806. The number of hydrogen-bond donors (Lipinski definition) is 1. The number of rotatable bonds is 5. The van der Waals surface area contributed by atoms with Crippen molar-refractivity contribution in [2.24, 2.45) is 0 Å². The van der Waals surface area contributed by atoms with Crippen molar-refractivity contribution in [3.63, 3.8) is 0 Å². The topological polar surface area (TPSA) is 32.7 Å². The fourth-order valence-corrected chi connectivity index (χ4v) is 2.99. The van der Waals surface area contributed by atoms with Gasteiger partial charge in [0.25, 0.3) is 0 Å². The van der Waals surface area contributed by atoms with Gasteiger partial charge in [0.1, 0.15) is 0 Å². The Balaban J connectivity index is 1.70. The van der Waals surface area contributed by atoms with Crippen LogP contribution in [-0.2, 0) is 4.74 Å². The summed E-state index contributed by atoms with van der Waals surface area (Å²) < 4.78 is 5.22. The second-order valence-corrected chi connectivity index (χ2v) is 5.43. The molecular formula is C13H19NO2S. The summed E-state index contributed by atoms with van der Waals surface area (Å²) in [6.07, 6.45) is -0.349. The number of benzene rings is 1. The number of hydrogen-bond acceptors (Lipinski definition) is 4. The number of methoxy groups -OCH3 is 1. The Bertz CT molecular complexity index is 333. The van der Waals surface area contributed by atoms with Gasteiger partial charge in [-0.2, -0.15) is 0 Å². The average Bonchev–Trinajstić information content (AvgIpc) is 2.71. The van der Waals surface area contributed by atoms with Gasteiger partial charge in [-0.05, 0) is 12.1 Å². The Labute approximate surface area is 107 Å². The van der Waals surface area contributed by atoms with Crippen LogP contribution < -0.4 is 0 Å². The van der Waals surface area contributed by atoms with Gasteiger partial charge in [0.05, 0.1) is 12.2 Å². The van der Waals surface area contributed by atoms with E-state index in [1.165, 1.54) is 4.90 Å². The van der Waals surface area contributed by atoms with Crippen LogP contribution in [0.4, 0.5) is 0 Å². The van der Waals surface area contributed by atoms with E-state index in [1.807, 2.05) is 17.8 Å². The van der Waals surface area contributed by atoms with E-state index in [0.29, 0.717) is 0 Å². The molecule has 1 fully saturated rings. The fraction of sp³-hybridized carbons (Fsp3) is 0.538. The Morgan fingerprint density at radius 3 is 2.76 bits per heavy atom. The third-order valence-corrected chi connectivity index (χ3v) is 4.03. The summed E-state index contributed by atoms with van der Waals surface area (Å²) in [7, 11) is 1.66. The predicted octanol–water partition coefficient (Wildman–Crippen LogP) is 1.47. The Hall–Kier alpha value is -0.550. The summed E-state index contributed by atoms with van der Waals surface area (Å²) in [5.41, 5.74) is 0. The van der Waals surface area contributed by atoms with Crippen molar-refractivity contribution in [2.75, 3.05) is 32.5 Å². The number of aliphatic hydroxyl groups excluding tert-OH is 1. The van der Waals surface area contributed by atoms with Crippen molar-refractivity contribution in [2.45, 2.75) is 17.1 Å². The molecule has 1 aromatic rings. The SMILES string of the molecule is CO[C@H]1CN(CCSc2ccccc2)C[C@@H]1O. The van der Waals surface area contributed by atoms with E-state index in [2.05, 4.69) is 29.2 Å². The minimum atomic E-state index is -0.332. The normalized spacial score (nSPS) is 25.3. The first kappa shape index (κ1) is 12.9. The lowest BCUT2D eigenvalue weighted by atomic mass is 10.3. The monoisotopic (exact) mass is 253 g/mol. The Kier molecular flexibility index (Phi) is 4.86. The molecule has 0 aliphatic carbocycles. The zero-order valence-electron chi connectivity index (χ0n) is 10.1. The average molecular weight is 253 g/mol. The number of likely N-dealkylation sites (tertiary alicyclic amines) is 1. The van der Waals surface area contributed by atoms with Crippen LogP contribution in [0.15, 0.2) is 35.2 Å². The van der Waals surface area contributed by atoms with E-state index < -0.39 is 0 Å². The highest BCUT2D eigenvalue weighted by atomic mass is 32.2. The summed E-state index contributed by atoms with van der Waals surface area (Å²) in [5.74, 6) is 1.05. The molecule has 1 N–H and O–H groups in total. The van der Waals surface area contributed by atoms with Gasteiger partial charge in [-0.3, -0.25) is 4.90 Å². The predicted molar refractivity (Wildman–Crippen MR) is 70.4 cm³/mol. The molecule has 1 aliphatic rings. The molecule has 94 valence electrons. The van der Waals surface area contributed by atoms with Crippen molar-refractivity contribution in [1.29, 1.82) is 0 Å². The lowest BCUT2D eigenvalue weighted by Crippen LogP contribution is -2.25. The maximum absolute atomic E-state index is 9.70. The van der Waals surface area contributed by atoms with Crippen LogP contribution in [0.25, 0.3) is 0 Å². The summed E-state index contributed by atoms with van der Waals surface area (Å²) in [4.78, 5) is 3.56. The summed E-state index contributed by atoms with van der Waals surface area (Å²) in [6.45, 7) is 2.57. The van der Waals surface area contributed by atoms with E-state index >= 15 is 0 Å². The molecule has 0 spiro atoms. The van der Waals surface area contributed by atoms with Crippen LogP contribution in [-0.4, -0.2) is 54.7 Å².